The lowest BCUT2D eigenvalue weighted by atomic mass is 10.2. The van der Waals surface area contributed by atoms with Gasteiger partial charge in [-0.3, -0.25) is 0 Å². The van der Waals surface area contributed by atoms with Gasteiger partial charge in [0.05, 0.1) is 5.69 Å². The minimum Gasteiger partial charge on any atom is -0.398 e. The summed E-state index contributed by atoms with van der Waals surface area (Å²) in [5, 5.41) is 3.17. The van der Waals surface area contributed by atoms with E-state index in [1.54, 1.807) is 24.5 Å². The number of benzene rings is 1. The highest BCUT2D eigenvalue weighted by Crippen LogP contribution is 2.22. The predicted molar refractivity (Wildman–Crippen MR) is 77.9 cm³/mol. The van der Waals surface area contributed by atoms with Crippen LogP contribution in [0.15, 0.2) is 35.5 Å². The van der Waals surface area contributed by atoms with Crippen LogP contribution in [0.3, 0.4) is 0 Å². The highest BCUT2D eigenvalue weighted by Gasteiger charge is 2.15. The van der Waals surface area contributed by atoms with E-state index in [1.165, 1.54) is 13.1 Å². The number of hydrogen-bond donors (Lipinski definition) is 4. The maximum Gasteiger partial charge on any atom is 0.242 e. The Hall–Kier alpha value is -2.06. The van der Waals surface area contributed by atoms with Crippen LogP contribution in [0, 0.1) is 0 Å². The van der Waals surface area contributed by atoms with Gasteiger partial charge in [-0.2, -0.15) is 0 Å². The minimum atomic E-state index is -3.52. The number of rotatable bonds is 6. The molecule has 7 nitrogen and oxygen atoms in total. The molecule has 0 saturated carbocycles. The SMILES string of the molecule is CNS(=O)(=O)c1ccc(NCCc2ncc[nH]2)cc1N. The highest BCUT2D eigenvalue weighted by molar-refractivity contribution is 7.89. The third-order valence-corrected chi connectivity index (χ3v) is 4.30. The Balaban J connectivity index is 2.02. The first-order valence-electron chi connectivity index (χ1n) is 6.08. The average Bonchev–Trinajstić information content (AvgIpc) is 2.92. The van der Waals surface area contributed by atoms with Crippen molar-refractivity contribution < 1.29 is 8.42 Å². The van der Waals surface area contributed by atoms with E-state index in [2.05, 4.69) is 20.0 Å². The summed E-state index contributed by atoms with van der Waals surface area (Å²) < 4.78 is 25.6. The van der Waals surface area contributed by atoms with Gasteiger partial charge in [0.15, 0.2) is 0 Å². The summed E-state index contributed by atoms with van der Waals surface area (Å²) in [7, 11) is -2.17. The molecule has 0 saturated heterocycles. The third kappa shape index (κ3) is 3.28. The number of aromatic amines is 1. The van der Waals surface area contributed by atoms with E-state index < -0.39 is 10.0 Å². The molecule has 0 atom stereocenters. The molecule has 1 aromatic carbocycles. The summed E-state index contributed by atoms with van der Waals surface area (Å²) in [6.45, 7) is 0.672. The number of H-pyrrole nitrogens is 1. The molecular formula is C12H17N5O2S. The van der Waals surface area contributed by atoms with Gasteiger partial charge in [0, 0.05) is 31.0 Å². The molecule has 20 heavy (non-hydrogen) atoms. The van der Waals surface area contributed by atoms with Crippen LogP contribution in [-0.4, -0.2) is 32.0 Å². The monoisotopic (exact) mass is 295 g/mol. The molecule has 0 aliphatic carbocycles. The van der Waals surface area contributed by atoms with Crippen LogP contribution in [-0.2, 0) is 16.4 Å². The maximum absolute atomic E-state index is 11.7. The number of nitrogens with zero attached hydrogens (tertiary/aromatic N) is 1. The molecule has 0 amide bonds. The Morgan fingerprint density at radius 2 is 2.20 bits per heavy atom. The van der Waals surface area contributed by atoms with Gasteiger partial charge in [0.25, 0.3) is 0 Å². The topological polar surface area (TPSA) is 113 Å². The van der Waals surface area contributed by atoms with Crippen molar-refractivity contribution in [2.45, 2.75) is 11.3 Å². The fourth-order valence-corrected chi connectivity index (χ4v) is 2.61. The molecule has 0 bridgehead atoms. The molecule has 0 fully saturated rings. The van der Waals surface area contributed by atoms with Crippen LogP contribution < -0.4 is 15.8 Å². The van der Waals surface area contributed by atoms with Crippen LogP contribution >= 0.6 is 0 Å². The van der Waals surface area contributed by atoms with Crippen molar-refractivity contribution in [3.05, 3.63) is 36.4 Å². The number of nitrogens with two attached hydrogens (primary N) is 1. The number of nitrogen functional groups attached to an aromatic ring is 1. The highest BCUT2D eigenvalue weighted by atomic mass is 32.2. The first-order chi connectivity index (χ1) is 9.53. The van der Waals surface area contributed by atoms with E-state index in [9.17, 15) is 8.42 Å². The Labute approximate surface area is 117 Å². The smallest absolute Gasteiger partial charge is 0.242 e. The number of anilines is 2. The third-order valence-electron chi connectivity index (χ3n) is 2.81. The van der Waals surface area contributed by atoms with Gasteiger partial charge in [-0.25, -0.2) is 18.1 Å². The second-order valence-corrected chi connectivity index (χ2v) is 6.03. The summed E-state index contributed by atoms with van der Waals surface area (Å²) >= 11 is 0. The van der Waals surface area contributed by atoms with Crippen LogP contribution in [0.5, 0.6) is 0 Å². The molecule has 0 spiro atoms. The van der Waals surface area contributed by atoms with E-state index in [1.807, 2.05) is 0 Å². The molecule has 0 radical (unpaired) electrons. The molecule has 2 rings (SSSR count). The van der Waals surface area contributed by atoms with Crippen LogP contribution in [0.2, 0.25) is 0 Å². The summed E-state index contributed by atoms with van der Waals surface area (Å²) in [6.07, 6.45) is 4.21. The molecule has 1 heterocycles. The molecule has 1 aromatic heterocycles. The molecule has 0 unspecified atom stereocenters. The van der Waals surface area contributed by atoms with Gasteiger partial charge in [-0.1, -0.05) is 0 Å². The normalized spacial score (nSPS) is 11.4. The van der Waals surface area contributed by atoms with E-state index >= 15 is 0 Å². The largest absolute Gasteiger partial charge is 0.398 e. The molecule has 0 aliphatic rings. The first kappa shape index (κ1) is 14.4. The maximum atomic E-state index is 11.7. The van der Waals surface area contributed by atoms with E-state index in [4.69, 9.17) is 5.73 Å². The van der Waals surface area contributed by atoms with E-state index in [-0.39, 0.29) is 10.6 Å². The average molecular weight is 295 g/mol. The zero-order chi connectivity index (χ0) is 14.6. The van der Waals surface area contributed by atoms with Crippen molar-refractivity contribution in [2.75, 3.05) is 24.6 Å². The van der Waals surface area contributed by atoms with Gasteiger partial charge in [-0.15, -0.1) is 0 Å². The van der Waals surface area contributed by atoms with Crippen molar-refractivity contribution in [2.24, 2.45) is 0 Å². The lowest BCUT2D eigenvalue weighted by Gasteiger charge is -2.10. The Bertz CT molecular complexity index is 667. The van der Waals surface area contributed by atoms with Crippen molar-refractivity contribution in [3.63, 3.8) is 0 Å². The summed E-state index contributed by atoms with van der Waals surface area (Å²) in [5.41, 5.74) is 6.75. The first-order valence-corrected chi connectivity index (χ1v) is 7.56. The number of hydrogen-bond acceptors (Lipinski definition) is 5. The fourth-order valence-electron chi connectivity index (χ4n) is 1.77. The molecule has 2 aromatic rings. The lowest BCUT2D eigenvalue weighted by Crippen LogP contribution is -2.20. The van der Waals surface area contributed by atoms with Crippen molar-refractivity contribution in [3.8, 4) is 0 Å². The van der Waals surface area contributed by atoms with Gasteiger partial charge in [0.1, 0.15) is 10.7 Å². The summed E-state index contributed by atoms with van der Waals surface area (Å²) in [6, 6.07) is 4.77. The fraction of sp³-hybridized carbons (Fsp3) is 0.250. The Kier molecular flexibility index (Phi) is 4.26. The summed E-state index contributed by atoms with van der Waals surface area (Å²) in [5.74, 6) is 0.889. The second kappa shape index (κ2) is 5.93. The van der Waals surface area contributed by atoms with Gasteiger partial charge in [-0.05, 0) is 25.2 Å². The van der Waals surface area contributed by atoms with Crippen LogP contribution in [0.1, 0.15) is 5.82 Å². The zero-order valence-corrected chi connectivity index (χ0v) is 11.9. The van der Waals surface area contributed by atoms with Gasteiger partial charge in [0.2, 0.25) is 10.0 Å². The lowest BCUT2D eigenvalue weighted by molar-refractivity contribution is 0.588. The number of nitrogens with one attached hydrogen (secondary N) is 3. The van der Waals surface area contributed by atoms with E-state index in [0.717, 1.165) is 17.9 Å². The number of imidazole rings is 1. The second-order valence-electron chi connectivity index (χ2n) is 4.17. The summed E-state index contributed by atoms with van der Waals surface area (Å²) in [4.78, 5) is 7.20. The molecule has 108 valence electrons. The van der Waals surface area contributed by atoms with E-state index in [0.29, 0.717) is 6.54 Å². The standard InChI is InChI=1S/C12H17N5O2S/c1-14-20(18,19)11-3-2-9(8-10(11)13)15-5-4-12-16-6-7-17-12/h2-3,6-8,14-15H,4-5,13H2,1H3,(H,16,17). The number of aromatic nitrogens is 2. The number of sulfonamides is 1. The minimum absolute atomic E-state index is 0.0802. The van der Waals surface area contributed by atoms with Gasteiger partial charge < -0.3 is 16.0 Å². The van der Waals surface area contributed by atoms with Crippen LogP contribution in [0.25, 0.3) is 0 Å². The Morgan fingerprint density at radius 1 is 1.40 bits per heavy atom. The van der Waals surface area contributed by atoms with Gasteiger partial charge >= 0.3 is 0 Å². The van der Waals surface area contributed by atoms with Crippen molar-refractivity contribution in [1.82, 2.24) is 14.7 Å². The Morgan fingerprint density at radius 3 is 2.80 bits per heavy atom. The zero-order valence-electron chi connectivity index (χ0n) is 11.1. The van der Waals surface area contributed by atoms with Crippen molar-refractivity contribution in [1.29, 1.82) is 0 Å². The molecule has 0 aliphatic heterocycles. The molecule has 8 heteroatoms. The predicted octanol–water partition coefficient (Wildman–Crippen LogP) is 0.555. The molecule has 5 N–H and O–H groups in total. The van der Waals surface area contributed by atoms with Crippen LogP contribution in [0.4, 0.5) is 11.4 Å². The van der Waals surface area contributed by atoms with Crippen molar-refractivity contribution >= 4 is 21.4 Å². The quantitative estimate of drug-likeness (QED) is 0.581. The molecular weight excluding hydrogens is 278 g/mol.